The summed E-state index contributed by atoms with van der Waals surface area (Å²) in [5.74, 6) is -0.425. The van der Waals surface area contributed by atoms with E-state index in [2.05, 4.69) is 18.8 Å². The number of carbonyl (C=O) groups is 2. The van der Waals surface area contributed by atoms with Crippen molar-refractivity contribution in [3.05, 3.63) is 76.8 Å². The van der Waals surface area contributed by atoms with Gasteiger partial charge in [0, 0.05) is 17.1 Å². The molecule has 1 fully saturated rings. The van der Waals surface area contributed by atoms with Gasteiger partial charge in [-0.3, -0.25) is 14.5 Å². The summed E-state index contributed by atoms with van der Waals surface area (Å²) in [7, 11) is 0. The van der Waals surface area contributed by atoms with E-state index in [1.807, 2.05) is 24.3 Å². The Morgan fingerprint density at radius 1 is 0.973 bits per heavy atom. The van der Waals surface area contributed by atoms with E-state index in [-0.39, 0.29) is 11.3 Å². The van der Waals surface area contributed by atoms with Crippen LogP contribution in [-0.4, -0.2) is 35.0 Å². The van der Waals surface area contributed by atoms with Gasteiger partial charge in [-0.25, -0.2) is 4.98 Å². The van der Waals surface area contributed by atoms with Crippen LogP contribution in [0.15, 0.2) is 65.7 Å². The van der Waals surface area contributed by atoms with E-state index in [9.17, 15) is 14.7 Å². The monoisotopic (exact) mass is 520 g/mol. The summed E-state index contributed by atoms with van der Waals surface area (Å²) >= 11 is 1.26. The molecule has 4 rings (SSSR count). The van der Waals surface area contributed by atoms with Crippen LogP contribution in [0.5, 0.6) is 11.5 Å². The lowest BCUT2D eigenvalue weighted by Gasteiger charge is -2.23. The van der Waals surface area contributed by atoms with Crippen LogP contribution in [0.3, 0.4) is 0 Å². The van der Waals surface area contributed by atoms with Crippen LogP contribution in [0.4, 0.5) is 5.13 Å². The Kier molecular flexibility index (Phi) is 8.95. The summed E-state index contributed by atoms with van der Waals surface area (Å²) in [6.07, 6.45) is 6.69. The molecule has 7 nitrogen and oxygen atoms in total. The number of unbranched alkanes of at least 4 members (excludes halogenated alkanes) is 3. The molecule has 1 aromatic heterocycles. The van der Waals surface area contributed by atoms with Gasteiger partial charge in [0.15, 0.2) is 5.13 Å². The second kappa shape index (κ2) is 12.5. The van der Waals surface area contributed by atoms with Crippen molar-refractivity contribution in [3.8, 4) is 11.5 Å². The number of rotatable bonds is 12. The van der Waals surface area contributed by atoms with E-state index < -0.39 is 17.7 Å². The molecule has 0 aliphatic carbocycles. The second-order valence-corrected chi connectivity index (χ2v) is 9.71. The van der Waals surface area contributed by atoms with Crippen molar-refractivity contribution in [2.24, 2.45) is 0 Å². The van der Waals surface area contributed by atoms with E-state index in [4.69, 9.17) is 9.47 Å². The van der Waals surface area contributed by atoms with Crippen LogP contribution >= 0.6 is 11.3 Å². The number of aliphatic hydroxyl groups excluding tert-OH is 1. The second-order valence-electron chi connectivity index (χ2n) is 8.84. The highest BCUT2D eigenvalue weighted by atomic mass is 32.1. The quantitative estimate of drug-likeness (QED) is 0.127. The molecule has 8 heteroatoms. The number of Topliss-reactive ketones (excluding diaryl/α,β-unsaturated/α-hetero) is 1. The predicted octanol–water partition coefficient (Wildman–Crippen LogP) is 6.52. The maximum atomic E-state index is 13.3. The highest BCUT2D eigenvalue weighted by Crippen LogP contribution is 2.43. The Balaban J connectivity index is 1.71. The number of benzene rings is 2. The van der Waals surface area contributed by atoms with Crippen molar-refractivity contribution in [3.63, 3.8) is 0 Å². The molecule has 2 aromatic carbocycles. The SMILES string of the molecule is CCCCCOc1ccc(C2/C(=C(\O)c3cccc(OCCCC)c3)C(=O)C(=O)N2c2nccs2)cc1. The maximum Gasteiger partial charge on any atom is 0.301 e. The van der Waals surface area contributed by atoms with Gasteiger partial charge in [-0.05, 0) is 42.7 Å². The Labute approximate surface area is 221 Å². The number of anilines is 1. The molecule has 0 saturated carbocycles. The molecule has 1 saturated heterocycles. The fourth-order valence-corrected chi connectivity index (χ4v) is 4.86. The van der Waals surface area contributed by atoms with Crippen molar-refractivity contribution in [2.45, 2.75) is 52.0 Å². The maximum absolute atomic E-state index is 13.3. The van der Waals surface area contributed by atoms with Gasteiger partial charge in [0.1, 0.15) is 17.3 Å². The molecule has 1 atom stereocenters. The molecule has 1 N–H and O–H groups in total. The summed E-state index contributed by atoms with van der Waals surface area (Å²) < 4.78 is 11.6. The third-order valence-electron chi connectivity index (χ3n) is 6.16. The molecule has 0 spiro atoms. The van der Waals surface area contributed by atoms with E-state index in [1.54, 1.807) is 35.8 Å². The summed E-state index contributed by atoms with van der Waals surface area (Å²) in [4.78, 5) is 32.1. The normalized spacial score (nSPS) is 16.8. The number of aromatic nitrogens is 1. The predicted molar refractivity (Wildman–Crippen MR) is 145 cm³/mol. The van der Waals surface area contributed by atoms with Gasteiger partial charge in [0.05, 0.1) is 24.8 Å². The van der Waals surface area contributed by atoms with Gasteiger partial charge in [0.25, 0.3) is 5.78 Å². The minimum absolute atomic E-state index is 0.0162. The molecule has 1 amide bonds. The number of ketones is 1. The topological polar surface area (TPSA) is 89.0 Å². The third kappa shape index (κ3) is 6.02. The van der Waals surface area contributed by atoms with Crippen LogP contribution in [0.25, 0.3) is 5.76 Å². The summed E-state index contributed by atoms with van der Waals surface area (Å²) in [6, 6.07) is 13.4. The van der Waals surface area contributed by atoms with Crippen LogP contribution in [0.1, 0.15) is 63.1 Å². The first-order chi connectivity index (χ1) is 18.0. The molecule has 2 heterocycles. The van der Waals surface area contributed by atoms with Crippen LogP contribution in [0, 0.1) is 0 Å². The first kappa shape index (κ1) is 26.4. The summed E-state index contributed by atoms with van der Waals surface area (Å²) in [6.45, 7) is 5.41. The number of nitrogens with zero attached hydrogens (tertiary/aromatic N) is 2. The van der Waals surface area contributed by atoms with Crippen LogP contribution < -0.4 is 14.4 Å². The fourth-order valence-electron chi connectivity index (χ4n) is 4.19. The average Bonchev–Trinajstić information content (AvgIpc) is 3.53. The first-order valence-electron chi connectivity index (χ1n) is 12.7. The Bertz CT molecular complexity index is 1240. The van der Waals surface area contributed by atoms with Crippen molar-refractivity contribution >= 4 is 33.9 Å². The van der Waals surface area contributed by atoms with Crippen molar-refractivity contribution in [1.82, 2.24) is 4.98 Å². The molecule has 1 aliphatic heterocycles. The van der Waals surface area contributed by atoms with Gasteiger partial charge in [-0.2, -0.15) is 0 Å². The molecule has 1 aliphatic rings. The van der Waals surface area contributed by atoms with Gasteiger partial charge in [-0.15, -0.1) is 11.3 Å². The van der Waals surface area contributed by atoms with E-state index >= 15 is 0 Å². The van der Waals surface area contributed by atoms with E-state index in [1.165, 1.54) is 16.2 Å². The smallest absolute Gasteiger partial charge is 0.301 e. The molecule has 3 aromatic rings. The van der Waals surface area contributed by atoms with Crippen LogP contribution in [0.2, 0.25) is 0 Å². The largest absolute Gasteiger partial charge is 0.507 e. The van der Waals surface area contributed by atoms with Crippen LogP contribution in [-0.2, 0) is 9.59 Å². The zero-order valence-corrected chi connectivity index (χ0v) is 22.0. The number of aliphatic hydroxyl groups is 1. The Morgan fingerprint density at radius 2 is 1.70 bits per heavy atom. The molecular formula is C29H32N2O5S. The number of thiazole rings is 1. The summed E-state index contributed by atoms with van der Waals surface area (Å²) in [5, 5.41) is 13.5. The molecule has 0 bridgehead atoms. The zero-order chi connectivity index (χ0) is 26.2. The fraction of sp³-hybridized carbons (Fsp3) is 0.345. The van der Waals surface area contributed by atoms with Gasteiger partial charge in [-0.1, -0.05) is 57.4 Å². The van der Waals surface area contributed by atoms with E-state index in [0.29, 0.717) is 41.0 Å². The lowest BCUT2D eigenvalue weighted by atomic mass is 9.95. The molecule has 0 radical (unpaired) electrons. The number of hydrogen-bond donors (Lipinski definition) is 1. The lowest BCUT2D eigenvalue weighted by molar-refractivity contribution is -0.132. The van der Waals surface area contributed by atoms with Crippen molar-refractivity contribution < 1.29 is 24.2 Å². The standard InChI is InChI=1S/C29H32N2O5S/c1-3-5-7-17-35-22-13-11-20(12-14-22)25-24(27(33)28(34)31(25)29-30-15-18-37-29)26(32)21-9-8-10-23(19-21)36-16-6-4-2/h8-15,18-19,25,32H,3-7,16-17H2,1-2H3/b26-24+. The van der Waals surface area contributed by atoms with Gasteiger partial charge < -0.3 is 14.6 Å². The zero-order valence-electron chi connectivity index (χ0n) is 21.2. The van der Waals surface area contributed by atoms with Crippen molar-refractivity contribution in [1.29, 1.82) is 0 Å². The molecular weight excluding hydrogens is 488 g/mol. The minimum Gasteiger partial charge on any atom is -0.507 e. The molecule has 194 valence electrons. The first-order valence-corrected chi connectivity index (χ1v) is 13.6. The highest BCUT2D eigenvalue weighted by Gasteiger charge is 2.48. The number of carbonyl (C=O) groups excluding carboxylic acids is 2. The number of amides is 1. The Morgan fingerprint density at radius 3 is 2.41 bits per heavy atom. The lowest BCUT2D eigenvalue weighted by Crippen LogP contribution is -2.29. The minimum atomic E-state index is -0.829. The number of hydrogen-bond acceptors (Lipinski definition) is 7. The molecule has 1 unspecified atom stereocenters. The van der Waals surface area contributed by atoms with Gasteiger partial charge in [0.2, 0.25) is 0 Å². The van der Waals surface area contributed by atoms with Crippen molar-refractivity contribution in [2.75, 3.05) is 18.1 Å². The van der Waals surface area contributed by atoms with Gasteiger partial charge >= 0.3 is 5.91 Å². The highest BCUT2D eigenvalue weighted by molar-refractivity contribution is 7.14. The summed E-state index contributed by atoms with van der Waals surface area (Å²) in [5.41, 5.74) is 1.10. The average molecular weight is 521 g/mol. The number of ether oxygens (including phenoxy) is 2. The third-order valence-corrected chi connectivity index (χ3v) is 6.93. The van der Waals surface area contributed by atoms with E-state index in [0.717, 1.165) is 32.1 Å². The molecule has 37 heavy (non-hydrogen) atoms. The Hall–Kier alpha value is -3.65.